The fourth-order valence-electron chi connectivity index (χ4n) is 2.70. The third-order valence-electron chi connectivity index (χ3n) is 4.40. The Labute approximate surface area is 164 Å². The van der Waals surface area contributed by atoms with E-state index >= 15 is 0 Å². The van der Waals surface area contributed by atoms with Crippen LogP contribution in [0.4, 0.5) is 0 Å². The van der Waals surface area contributed by atoms with Crippen LogP contribution < -0.4 is 9.47 Å². The van der Waals surface area contributed by atoms with Gasteiger partial charge in [-0.2, -0.15) is 0 Å². The molecule has 4 nitrogen and oxygen atoms in total. The first-order chi connectivity index (χ1) is 13.5. The molecule has 0 spiro atoms. The summed E-state index contributed by atoms with van der Waals surface area (Å²) < 4.78 is 11.0. The summed E-state index contributed by atoms with van der Waals surface area (Å²) >= 11 is 0. The minimum absolute atomic E-state index is 0.414. The molecule has 0 fully saturated rings. The van der Waals surface area contributed by atoms with E-state index in [1.165, 1.54) is 0 Å². The second-order valence-corrected chi connectivity index (χ2v) is 6.63. The second kappa shape index (κ2) is 8.53. The summed E-state index contributed by atoms with van der Waals surface area (Å²) in [4.78, 5) is 24.7. The maximum absolute atomic E-state index is 12.4. The molecule has 0 bridgehead atoms. The molecule has 0 aliphatic rings. The van der Waals surface area contributed by atoms with Crippen molar-refractivity contribution in [3.05, 3.63) is 94.5 Å². The van der Waals surface area contributed by atoms with Gasteiger partial charge < -0.3 is 9.47 Å². The van der Waals surface area contributed by atoms with Gasteiger partial charge in [-0.25, -0.2) is 9.59 Å². The first kappa shape index (κ1) is 19.4. The van der Waals surface area contributed by atoms with Gasteiger partial charge in [-0.1, -0.05) is 42.3 Å². The van der Waals surface area contributed by atoms with Gasteiger partial charge in [-0.3, -0.25) is 0 Å². The van der Waals surface area contributed by atoms with Gasteiger partial charge in [0, 0.05) is 0 Å². The molecule has 0 amide bonds. The van der Waals surface area contributed by atoms with E-state index in [0.29, 0.717) is 29.0 Å². The van der Waals surface area contributed by atoms with Crippen molar-refractivity contribution in [2.45, 2.75) is 27.2 Å². The Hall–Kier alpha value is -3.40. The summed E-state index contributed by atoms with van der Waals surface area (Å²) in [5.41, 5.74) is 3.91. The van der Waals surface area contributed by atoms with Crippen LogP contribution >= 0.6 is 0 Å². The van der Waals surface area contributed by atoms with Gasteiger partial charge in [0.1, 0.15) is 11.5 Å². The van der Waals surface area contributed by atoms with Crippen molar-refractivity contribution in [3.8, 4) is 11.5 Å². The molecule has 3 aromatic carbocycles. The summed E-state index contributed by atoms with van der Waals surface area (Å²) in [6.07, 6.45) is 0.631. The SMILES string of the molecule is CCc1cc(OC(=O)c2ccc(C)cc2)ccc1OC(=O)c1ccc(C)cc1. The Balaban J connectivity index is 1.74. The summed E-state index contributed by atoms with van der Waals surface area (Å²) in [5, 5.41) is 0. The van der Waals surface area contributed by atoms with E-state index in [0.717, 1.165) is 16.7 Å². The molecular formula is C24H22O4. The minimum Gasteiger partial charge on any atom is -0.423 e. The Morgan fingerprint density at radius 3 is 1.71 bits per heavy atom. The molecule has 3 rings (SSSR count). The van der Waals surface area contributed by atoms with Crippen LogP contribution in [-0.2, 0) is 6.42 Å². The van der Waals surface area contributed by atoms with E-state index in [1.54, 1.807) is 42.5 Å². The van der Waals surface area contributed by atoms with Crippen molar-refractivity contribution in [2.75, 3.05) is 0 Å². The largest absolute Gasteiger partial charge is 0.423 e. The summed E-state index contributed by atoms with van der Waals surface area (Å²) in [7, 11) is 0. The van der Waals surface area contributed by atoms with Crippen molar-refractivity contribution >= 4 is 11.9 Å². The van der Waals surface area contributed by atoms with E-state index in [-0.39, 0.29) is 0 Å². The van der Waals surface area contributed by atoms with Crippen molar-refractivity contribution in [1.29, 1.82) is 0 Å². The predicted molar refractivity (Wildman–Crippen MR) is 108 cm³/mol. The normalized spacial score (nSPS) is 10.4. The quantitative estimate of drug-likeness (QED) is 0.449. The van der Waals surface area contributed by atoms with Crippen molar-refractivity contribution in [1.82, 2.24) is 0 Å². The number of hydrogen-bond acceptors (Lipinski definition) is 4. The van der Waals surface area contributed by atoms with Crippen molar-refractivity contribution in [2.24, 2.45) is 0 Å². The molecule has 4 heteroatoms. The van der Waals surface area contributed by atoms with E-state index in [9.17, 15) is 9.59 Å². The lowest BCUT2D eigenvalue weighted by atomic mass is 10.1. The highest BCUT2D eigenvalue weighted by atomic mass is 16.5. The molecule has 142 valence electrons. The number of benzene rings is 3. The van der Waals surface area contributed by atoms with E-state index < -0.39 is 11.9 Å². The van der Waals surface area contributed by atoms with Crippen molar-refractivity contribution < 1.29 is 19.1 Å². The number of esters is 2. The Bertz CT molecular complexity index is 986. The smallest absolute Gasteiger partial charge is 0.343 e. The summed E-state index contributed by atoms with van der Waals surface area (Å²) in [6.45, 7) is 5.87. The average Bonchev–Trinajstić information content (AvgIpc) is 2.70. The summed E-state index contributed by atoms with van der Waals surface area (Å²) in [5.74, 6) is 0.0336. The van der Waals surface area contributed by atoms with E-state index in [1.807, 2.05) is 45.0 Å². The lowest BCUT2D eigenvalue weighted by Gasteiger charge is -2.11. The first-order valence-corrected chi connectivity index (χ1v) is 9.17. The second-order valence-electron chi connectivity index (χ2n) is 6.63. The molecule has 0 unspecified atom stereocenters. The molecule has 0 aromatic heterocycles. The number of ether oxygens (including phenoxy) is 2. The first-order valence-electron chi connectivity index (χ1n) is 9.17. The maximum atomic E-state index is 12.4. The monoisotopic (exact) mass is 374 g/mol. The lowest BCUT2D eigenvalue weighted by molar-refractivity contribution is 0.0718. The molecule has 0 N–H and O–H groups in total. The van der Waals surface area contributed by atoms with Crippen LogP contribution in [0.2, 0.25) is 0 Å². The molecular weight excluding hydrogens is 352 g/mol. The zero-order valence-electron chi connectivity index (χ0n) is 16.2. The van der Waals surface area contributed by atoms with Gasteiger partial charge in [0.05, 0.1) is 11.1 Å². The molecule has 0 heterocycles. The number of carbonyl (C=O) groups excluding carboxylic acids is 2. The third-order valence-corrected chi connectivity index (χ3v) is 4.40. The van der Waals surface area contributed by atoms with E-state index in [4.69, 9.17) is 9.47 Å². The average molecular weight is 374 g/mol. The minimum atomic E-state index is -0.425. The zero-order chi connectivity index (χ0) is 20.1. The number of hydrogen-bond donors (Lipinski definition) is 0. The van der Waals surface area contributed by atoms with Gasteiger partial charge in [0.15, 0.2) is 0 Å². The highest BCUT2D eigenvalue weighted by Crippen LogP contribution is 2.26. The Morgan fingerprint density at radius 1 is 0.714 bits per heavy atom. The molecule has 0 atom stereocenters. The highest BCUT2D eigenvalue weighted by Gasteiger charge is 2.14. The molecule has 3 aromatic rings. The molecule has 28 heavy (non-hydrogen) atoms. The van der Waals surface area contributed by atoms with Crippen LogP contribution in [0.1, 0.15) is 44.3 Å². The van der Waals surface area contributed by atoms with Crippen LogP contribution in [0, 0.1) is 13.8 Å². The van der Waals surface area contributed by atoms with E-state index in [2.05, 4.69) is 0 Å². The zero-order valence-corrected chi connectivity index (χ0v) is 16.2. The van der Waals surface area contributed by atoms with Crippen LogP contribution in [0.3, 0.4) is 0 Å². The molecule has 0 aliphatic heterocycles. The Morgan fingerprint density at radius 2 is 1.21 bits per heavy atom. The third kappa shape index (κ3) is 4.65. The molecule has 0 saturated carbocycles. The van der Waals surface area contributed by atoms with Gasteiger partial charge in [0.2, 0.25) is 0 Å². The van der Waals surface area contributed by atoms with Crippen LogP contribution in [0.25, 0.3) is 0 Å². The van der Waals surface area contributed by atoms with Gasteiger partial charge >= 0.3 is 11.9 Å². The topological polar surface area (TPSA) is 52.6 Å². The fourth-order valence-corrected chi connectivity index (χ4v) is 2.70. The van der Waals surface area contributed by atoms with Crippen molar-refractivity contribution in [3.63, 3.8) is 0 Å². The number of rotatable bonds is 5. The van der Waals surface area contributed by atoms with Gasteiger partial charge in [-0.05, 0) is 68.3 Å². The Kier molecular flexibility index (Phi) is 5.90. The maximum Gasteiger partial charge on any atom is 0.343 e. The van der Waals surface area contributed by atoms with Crippen LogP contribution in [-0.4, -0.2) is 11.9 Å². The number of carbonyl (C=O) groups is 2. The molecule has 0 radical (unpaired) electrons. The van der Waals surface area contributed by atoms with Crippen LogP contribution in [0.15, 0.2) is 66.7 Å². The highest BCUT2D eigenvalue weighted by molar-refractivity contribution is 5.92. The van der Waals surface area contributed by atoms with Gasteiger partial charge in [0.25, 0.3) is 0 Å². The summed E-state index contributed by atoms with van der Waals surface area (Å²) in [6, 6.07) is 19.4. The number of aryl methyl sites for hydroxylation is 3. The standard InChI is InChI=1S/C24H22O4/c1-4-18-15-21(27-23(25)19-9-5-16(2)6-10-19)13-14-22(18)28-24(26)20-11-7-17(3)8-12-20/h5-15H,4H2,1-3H3. The molecule has 0 saturated heterocycles. The molecule has 0 aliphatic carbocycles. The fraction of sp³-hybridized carbons (Fsp3) is 0.167. The lowest BCUT2D eigenvalue weighted by Crippen LogP contribution is -2.11. The van der Waals surface area contributed by atoms with Crippen LogP contribution in [0.5, 0.6) is 11.5 Å². The van der Waals surface area contributed by atoms with Gasteiger partial charge in [-0.15, -0.1) is 0 Å². The predicted octanol–water partition coefficient (Wildman–Crippen LogP) is 5.30.